The zero-order valence-corrected chi connectivity index (χ0v) is 11.6. The van der Waals surface area contributed by atoms with E-state index in [2.05, 4.69) is 38.4 Å². The first kappa shape index (κ1) is 12.3. The number of halogens is 1. The van der Waals surface area contributed by atoms with E-state index in [9.17, 15) is 5.11 Å². The Morgan fingerprint density at radius 3 is 3.00 bits per heavy atom. The van der Waals surface area contributed by atoms with Crippen molar-refractivity contribution in [1.82, 2.24) is 10.2 Å². The Labute approximate surface area is 108 Å². The molecule has 0 amide bonds. The van der Waals surface area contributed by atoms with Gasteiger partial charge in [0.15, 0.2) is 3.92 Å². The van der Waals surface area contributed by atoms with Gasteiger partial charge in [-0.05, 0) is 34.7 Å². The molecule has 4 nitrogen and oxygen atoms in total. The van der Waals surface area contributed by atoms with Gasteiger partial charge < -0.3 is 10.4 Å². The Bertz CT molecular complexity index is 360. The van der Waals surface area contributed by atoms with E-state index in [-0.39, 0.29) is 12.1 Å². The number of aliphatic hydroxyl groups excluding tert-OH is 1. The summed E-state index contributed by atoms with van der Waals surface area (Å²) in [7, 11) is 0. The van der Waals surface area contributed by atoms with Crippen molar-refractivity contribution >= 4 is 32.4 Å². The van der Waals surface area contributed by atoms with Crippen molar-refractivity contribution in [1.29, 1.82) is 0 Å². The summed E-state index contributed by atoms with van der Waals surface area (Å²) in [5.41, 5.74) is -0.198. The van der Waals surface area contributed by atoms with Crippen molar-refractivity contribution in [2.45, 2.75) is 38.1 Å². The number of nitrogens with zero attached hydrogens (tertiary/aromatic N) is 2. The monoisotopic (exact) mass is 305 g/mol. The molecule has 1 fully saturated rings. The van der Waals surface area contributed by atoms with Gasteiger partial charge in [-0.25, -0.2) is 0 Å². The zero-order chi connectivity index (χ0) is 11.6. The number of hydrogen-bond donors (Lipinski definition) is 2. The van der Waals surface area contributed by atoms with Gasteiger partial charge in [-0.2, -0.15) is 0 Å². The second-order valence-corrected chi connectivity index (χ2v) is 6.88. The molecule has 1 heterocycles. The van der Waals surface area contributed by atoms with Crippen LogP contribution in [0.2, 0.25) is 0 Å². The van der Waals surface area contributed by atoms with Crippen LogP contribution < -0.4 is 5.32 Å². The minimum Gasteiger partial charge on any atom is -0.394 e. The lowest BCUT2D eigenvalue weighted by Gasteiger charge is -2.39. The van der Waals surface area contributed by atoms with E-state index < -0.39 is 0 Å². The van der Waals surface area contributed by atoms with E-state index in [0.29, 0.717) is 5.92 Å². The van der Waals surface area contributed by atoms with Crippen molar-refractivity contribution in [3.05, 3.63) is 3.92 Å². The maximum atomic E-state index is 9.61. The second-order valence-electron chi connectivity index (χ2n) is 4.63. The standard InChI is InChI=1S/C10H16BrN3OS/c1-7-3-2-4-10(5-7,6-15)12-9-14-13-8(11)16-9/h7,15H,2-6H2,1H3,(H,12,14). The van der Waals surface area contributed by atoms with Crippen LogP contribution in [0.25, 0.3) is 0 Å². The van der Waals surface area contributed by atoms with Crippen LogP contribution in [0.5, 0.6) is 0 Å². The highest BCUT2D eigenvalue weighted by Crippen LogP contribution is 2.35. The molecule has 1 aliphatic rings. The summed E-state index contributed by atoms with van der Waals surface area (Å²) in [6, 6.07) is 0. The molecule has 1 saturated carbocycles. The van der Waals surface area contributed by atoms with Crippen molar-refractivity contribution in [2.24, 2.45) is 5.92 Å². The van der Waals surface area contributed by atoms with Crippen LogP contribution in [0, 0.1) is 5.92 Å². The molecule has 16 heavy (non-hydrogen) atoms. The van der Waals surface area contributed by atoms with Crippen LogP contribution in [-0.2, 0) is 0 Å². The highest BCUT2D eigenvalue weighted by molar-refractivity contribution is 9.11. The summed E-state index contributed by atoms with van der Waals surface area (Å²) in [5, 5.41) is 21.7. The predicted molar refractivity (Wildman–Crippen MR) is 68.7 cm³/mol. The Morgan fingerprint density at radius 2 is 2.44 bits per heavy atom. The third kappa shape index (κ3) is 2.73. The number of hydrogen-bond acceptors (Lipinski definition) is 5. The largest absolute Gasteiger partial charge is 0.394 e. The molecule has 0 spiro atoms. The highest BCUT2D eigenvalue weighted by Gasteiger charge is 2.35. The molecule has 2 N–H and O–H groups in total. The normalized spacial score (nSPS) is 30.3. The predicted octanol–water partition coefficient (Wildman–Crippen LogP) is 2.65. The number of aromatic nitrogens is 2. The minimum absolute atomic E-state index is 0.161. The van der Waals surface area contributed by atoms with Crippen LogP contribution in [0.3, 0.4) is 0 Å². The fraction of sp³-hybridized carbons (Fsp3) is 0.800. The molecule has 1 aromatic rings. The molecular weight excluding hydrogens is 290 g/mol. The summed E-state index contributed by atoms with van der Waals surface area (Å²) in [5.74, 6) is 0.657. The molecule has 2 unspecified atom stereocenters. The maximum Gasteiger partial charge on any atom is 0.206 e. The van der Waals surface area contributed by atoms with Crippen LogP contribution in [0.4, 0.5) is 5.13 Å². The Kier molecular flexibility index (Phi) is 3.81. The molecule has 0 aromatic carbocycles. The molecule has 1 aliphatic carbocycles. The first-order valence-corrected chi connectivity index (χ1v) is 7.12. The van der Waals surface area contributed by atoms with Gasteiger partial charge in [0, 0.05) is 0 Å². The molecule has 0 saturated heterocycles. The smallest absolute Gasteiger partial charge is 0.206 e. The van der Waals surface area contributed by atoms with E-state index in [1.165, 1.54) is 17.8 Å². The molecule has 90 valence electrons. The van der Waals surface area contributed by atoms with Gasteiger partial charge in [0.05, 0.1) is 12.1 Å². The summed E-state index contributed by atoms with van der Waals surface area (Å²) in [6.45, 7) is 2.40. The highest BCUT2D eigenvalue weighted by atomic mass is 79.9. The SMILES string of the molecule is CC1CCCC(CO)(Nc2nnc(Br)s2)C1. The van der Waals surface area contributed by atoms with Gasteiger partial charge in [0.1, 0.15) is 0 Å². The van der Waals surface area contributed by atoms with Gasteiger partial charge in [-0.15, -0.1) is 10.2 Å². The van der Waals surface area contributed by atoms with Gasteiger partial charge in [0.2, 0.25) is 5.13 Å². The van der Waals surface area contributed by atoms with E-state index in [0.717, 1.165) is 28.3 Å². The first-order chi connectivity index (χ1) is 7.63. The Balaban J connectivity index is 2.09. The number of aliphatic hydroxyl groups is 1. The fourth-order valence-corrected chi connectivity index (χ4v) is 3.57. The zero-order valence-electron chi connectivity index (χ0n) is 9.24. The van der Waals surface area contributed by atoms with Crippen LogP contribution in [-0.4, -0.2) is 27.4 Å². The molecular formula is C10H16BrN3OS. The lowest BCUT2D eigenvalue weighted by Crippen LogP contribution is -2.45. The molecule has 6 heteroatoms. The Morgan fingerprint density at radius 1 is 1.62 bits per heavy atom. The lowest BCUT2D eigenvalue weighted by molar-refractivity contribution is 0.149. The summed E-state index contributed by atoms with van der Waals surface area (Å²) < 4.78 is 0.770. The number of anilines is 1. The van der Waals surface area contributed by atoms with Crippen LogP contribution in [0.15, 0.2) is 3.92 Å². The molecule has 0 bridgehead atoms. The van der Waals surface area contributed by atoms with Crippen LogP contribution in [0.1, 0.15) is 32.6 Å². The van der Waals surface area contributed by atoms with Crippen molar-refractivity contribution in [2.75, 3.05) is 11.9 Å². The topological polar surface area (TPSA) is 58.0 Å². The van der Waals surface area contributed by atoms with Gasteiger partial charge >= 0.3 is 0 Å². The second kappa shape index (κ2) is 4.98. The number of nitrogens with one attached hydrogen (secondary N) is 1. The molecule has 1 aromatic heterocycles. The van der Waals surface area contributed by atoms with Gasteiger partial charge in [0.25, 0.3) is 0 Å². The number of rotatable bonds is 3. The van der Waals surface area contributed by atoms with E-state index in [4.69, 9.17) is 0 Å². The molecule has 0 radical (unpaired) electrons. The van der Waals surface area contributed by atoms with Crippen molar-refractivity contribution < 1.29 is 5.11 Å². The van der Waals surface area contributed by atoms with Crippen LogP contribution >= 0.6 is 27.3 Å². The van der Waals surface area contributed by atoms with Gasteiger partial charge in [-0.3, -0.25) is 0 Å². The quantitative estimate of drug-likeness (QED) is 0.901. The first-order valence-electron chi connectivity index (χ1n) is 5.52. The maximum absolute atomic E-state index is 9.61. The van der Waals surface area contributed by atoms with E-state index in [1.807, 2.05) is 0 Å². The summed E-state index contributed by atoms with van der Waals surface area (Å²) >= 11 is 4.76. The Hall–Kier alpha value is -0.200. The molecule has 2 atom stereocenters. The summed E-state index contributed by atoms with van der Waals surface area (Å²) in [4.78, 5) is 0. The average molecular weight is 306 g/mol. The minimum atomic E-state index is -0.198. The van der Waals surface area contributed by atoms with Crippen molar-refractivity contribution in [3.8, 4) is 0 Å². The average Bonchev–Trinajstić information content (AvgIpc) is 2.64. The van der Waals surface area contributed by atoms with E-state index >= 15 is 0 Å². The lowest BCUT2D eigenvalue weighted by atomic mass is 9.77. The summed E-state index contributed by atoms with van der Waals surface area (Å²) in [6.07, 6.45) is 4.42. The van der Waals surface area contributed by atoms with Gasteiger partial charge in [-0.1, -0.05) is 31.1 Å². The third-order valence-electron chi connectivity index (χ3n) is 3.17. The third-order valence-corrected chi connectivity index (χ3v) is 4.44. The van der Waals surface area contributed by atoms with Crippen molar-refractivity contribution in [3.63, 3.8) is 0 Å². The van der Waals surface area contributed by atoms with E-state index in [1.54, 1.807) is 0 Å². The molecule has 2 rings (SSSR count). The molecule has 0 aliphatic heterocycles. The fourth-order valence-electron chi connectivity index (χ4n) is 2.44.